The standard InChI is InChI=1S/C4H9N4O2.3CH3O.Ti/c1-2-3-6-4(5)7-8(9)10;3*1-2;/h1-3H2,(H3,5,6,7);3*1H3;/q;3*-1;+3. The zero-order chi connectivity index (χ0) is 13.3. The van der Waals surface area contributed by atoms with Crippen molar-refractivity contribution in [2.24, 2.45) is 10.8 Å². The van der Waals surface area contributed by atoms with Crippen LogP contribution in [0.2, 0.25) is 4.73 Å². The second kappa shape index (κ2) is 8.37. The van der Waals surface area contributed by atoms with E-state index in [1.165, 1.54) is 0 Å². The van der Waals surface area contributed by atoms with Gasteiger partial charge in [0.1, 0.15) is 0 Å². The van der Waals surface area contributed by atoms with Gasteiger partial charge in [-0.2, -0.15) is 0 Å². The third-order valence-electron chi connectivity index (χ3n) is 2.09. The molecule has 0 saturated carbocycles. The van der Waals surface area contributed by atoms with Crippen molar-refractivity contribution in [2.75, 3.05) is 27.9 Å². The fourth-order valence-electron chi connectivity index (χ4n) is 1.20. The molecule has 0 heterocycles. The van der Waals surface area contributed by atoms with E-state index < -0.39 is 22.8 Å². The van der Waals surface area contributed by atoms with Crippen LogP contribution in [0.25, 0.3) is 0 Å². The number of nitrogens with zero attached hydrogens (tertiary/aromatic N) is 2. The van der Waals surface area contributed by atoms with Crippen LogP contribution in [0, 0.1) is 10.1 Å². The molecule has 10 heteroatoms. The molecule has 0 amide bonds. The van der Waals surface area contributed by atoms with E-state index in [1.54, 1.807) is 21.3 Å². The molecule has 0 saturated heterocycles. The predicted molar refractivity (Wildman–Crippen MR) is 57.1 cm³/mol. The Kier molecular flexibility index (Phi) is 8.01. The van der Waals surface area contributed by atoms with E-state index in [1.807, 2.05) is 0 Å². The molecule has 0 radical (unpaired) electrons. The predicted octanol–water partition coefficient (Wildman–Crippen LogP) is -0.271. The Morgan fingerprint density at radius 3 is 2.35 bits per heavy atom. The normalized spacial score (nSPS) is 12.5. The summed E-state index contributed by atoms with van der Waals surface area (Å²) in [4.78, 5) is 9.99. The average molecular weight is 286 g/mol. The quantitative estimate of drug-likeness (QED) is 0.157. The van der Waals surface area contributed by atoms with Gasteiger partial charge in [-0.15, -0.1) is 0 Å². The van der Waals surface area contributed by atoms with Gasteiger partial charge in [-0.3, -0.25) is 0 Å². The van der Waals surface area contributed by atoms with Crippen molar-refractivity contribution in [1.82, 2.24) is 5.32 Å². The molecule has 0 aliphatic heterocycles. The fourth-order valence-corrected chi connectivity index (χ4v) is 3.89. The third-order valence-corrected chi connectivity index (χ3v) is 6.51. The number of hydrogen-bond acceptors (Lipinski definition) is 5. The molecule has 0 aromatic rings. The molecule has 0 aliphatic carbocycles. The topological polar surface area (TPSA) is 121 Å². The summed E-state index contributed by atoms with van der Waals surface area (Å²) in [5, 5.41) is 14.6. The van der Waals surface area contributed by atoms with Gasteiger partial charge in [0.2, 0.25) is 0 Å². The van der Waals surface area contributed by atoms with Gasteiger partial charge in [0, 0.05) is 0 Å². The Morgan fingerprint density at radius 2 is 1.94 bits per heavy atom. The van der Waals surface area contributed by atoms with Gasteiger partial charge in [0.15, 0.2) is 0 Å². The van der Waals surface area contributed by atoms with Crippen LogP contribution in [-0.4, -0.2) is 38.9 Å². The second-order valence-electron chi connectivity index (χ2n) is 3.05. The van der Waals surface area contributed by atoms with E-state index in [9.17, 15) is 10.1 Å². The minimum atomic E-state index is -3.09. The molecule has 0 fully saturated rings. The number of nitrogens with one attached hydrogen (secondary N) is 1. The molecular formula is C7H18N4O5Ti. The van der Waals surface area contributed by atoms with Gasteiger partial charge in [0.25, 0.3) is 0 Å². The van der Waals surface area contributed by atoms with Crippen molar-refractivity contribution in [1.29, 1.82) is 0 Å². The van der Waals surface area contributed by atoms with Gasteiger partial charge < -0.3 is 0 Å². The molecule has 3 N–H and O–H groups in total. The molecule has 0 spiro atoms. The summed E-state index contributed by atoms with van der Waals surface area (Å²) in [7, 11) is 4.63. The molecule has 0 aromatic carbocycles. The number of nitro groups is 1. The number of hydrogen-bond donors (Lipinski definition) is 2. The monoisotopic (exact) mass is 286 g/mol. The van der Waals surface area contributed by atoms with Gasteiger partial charge in [-0.25, -0.2) is 0 Å². The van der Waals surface area contributed by atoms with Crippen molar-refractivity contribution in [3.05, 3.63) is 10.1 Å². The molecule has 17 heavy (non-hydrogen) atoms. The van der Waals surface area contributed by atoms with Gasteiger partial charge in [-0.1, -0.05) is 0 Å². The average Bonchev–Trinajstić information content (AvgIpc) is 2.29. The summed E-state index contributed by atoms with van der Waals surface area (Å²) in [6.45, 7) is 0.437. The Labute approximate surface area is 104 Å². The number of nitrogens with two attached hydrogens (primary N) is 1. The molecule has 0 aromatic heterocycles. The van der Waals surface area contributed by atoms with Crippen molar-refractivity contribution in [3.8, 4) is 0 Å². The van der Waals surface area contributed by atoms with Crippen molar-refractivity contribution in [2.45, 2.75) is 11.1 Å². The Hall–Kier alpha value is -0.736. The van der Waals surface area contributed by atoms with Crippen LogP contribution in [0.1, 0.15) is 6.42 Å². The van der Waals surface area contributed by atoms with E-state index in [2.05, 4.69) is 10.4 Å². The Balaban J connectivity index is 3.95. The zero-order valence-corrected chi connectivity index (χ0v) is 11.7. The van der Waals surface area contributed by atoms with Crippen LogP contribution < -0.4 is 11.1 Å². The maximum absolute atomic E-state index is 9.99. The molecule has 0 unspecified atom stereocenters. The Bertz CT molecular complexity index is 263. The van der Waals surface area contributed by atoms with E-state index in [-0.39, 0.29) is 5.96 Å². The molecule has 9 nitrogen and oxygen atoms in total. The summed E-state index contributed by atoms with van der Waals surface area (Å²) in [5.74, 6) is -0.222. The minimum absolute atomic E-state index is 0.222. The fraction of sp³-hybridized carbons (Fsp3) is 0.857. The maximum atomic E-state index is 9.99. The van der Waals surface area contributed by atoms with E-state index >= 15 is 0 Å². The summed E-state index contributed by atoms with van der Waals surface area (Å²) in [5.41, 5.74) is 5.24. The summed E-state index contributed by atoms with van der Waals surface area (Å²) >= 11 is -3.09. The first kappa shape index (κ1) is 16.3. The van der Waals surface area contributed by atoms with Crippen LogP contribution >= 0.6 is 0 Å². The molecular weight excluding hydrogens is 268 g/mol. The third kappa shape index (κ3) is 6.54. The molecule has 0 rings (SSSR count). The SMILES string of the molecule is C[O][Ti]([CH2]CCNC(N)=N[N+](=O)[O-])([O]C)[O]C. The van der Waals surface area contributed by atoms with Crippen molar-refractivity contribution >= 4 is 5.96 Å². The number of rotatable bonds is 8. The van der Waals surface area contributed by atoms with Gasteiger partial charge >= 0.3 is 104 Å². The van der Waals surface area contributed by atoms with Crippen LogP contribution in [0.4, 0.5) is 0 Å². The van der Waals surface area contributed by atoms with E-state index in [0.29, 0.717) is 17.7 Å². The van der Waals surface area contributed by atoms with Crippen molar-refractivity contribution in [3.63, 3.8) is 0 Å². The van der Waals surface area contributed by atoms with Gasteiger partial charge in [0.05, 0.1) is 0 Å². The first-order valence-electron chi connectivity index (χ1n) is 4.87. The van der Waals surface area contributed by atoms with E-state index in [0.717, 1.165) is 0 Å². The molecule has 100 valence electrons. The molecule has 0 bridgehead atoms. The second-order valence-corrected chi connectivity index (χ2v) is 7.88. The first-order valence-corrected chi connectivity index (χ1v) is 7.89. The summed E-state index contributed by atoms with van der Waals surface area (Å²) in [6, 6.07) is 0. The van der Waals surface area contributed by atoms with Crippen LogP contribution in [-0.2, 0) is 27.7 Å². The van der Waals surface area contributed by atoms with Gasteiger partial charge in [-0.05, 0) is 0 Å². The molecule has 0 atom stereocenters. The zero-order valence-electron chi connectivity index (χ0n) is 10.1. The number of guanidine groups is 1. The summed E-state index contributed by atoms with van der Waals surface area (Å²) in [6.07, 6.45) is 0.656. The first-order chi connectivity index (χ1) is 7.99. The van der Waals surface area contributed by atoms with Crippen LogP contribution in [0.3, 0.4) is 0 Å². The molecule has 0 aliphatic rings. The Morgan fingerprint density at radius 1 is 1.41 bits per heavy atom. The van der Waals surface area contributed by atoms with Crippen molar-refractivity contribution < 1.29 is 32.7 Å². The van der Waals surface area contributed by atoms with E-state index in [4.69, 9.17) is 15.7 Å². The van der Waals surface area contributed by atoms with Crippen LogP contribution in [0.15, 0.2) is 5.10 Å². The number of hydrazone groups is 1. The summed E-state index contributed by atoms with van der Waals surface area (Å²) < 4.78 is 16.4. The van der Waals surface area contributed by atoms with Crippen LogP contribution in [0.5, 0.6) is 0 Å².